The van der Waals surface area contributed by atoms with Gasteiger partial charge in [-0.25, -0.2) is 8.42 Å². The van der Waals surface area contributed by atoms with E-state index in [1.54, 1.807) is 49.4 Å². The highest BCUT2D eigenvalue weighted by Crippen LogP contribution is 2.27. The van der Waals surface area contributed by atoms with Crippen LogP contribution in [0.15, 0.2) is 42.5 Å². The first-order chi connectivity index (χ1) is 15.5. The Hall–Kier alpha value is -2.29. The Morgan fingerprint density at radius 1 is 1.06 bits per heavy atom. The fourth-order valence-corrected chi connectivity index (χ4v) is 4.52. The average Bonchev–Trinajstić information content (AvgIpc) is 2.75. The van der Waals surface area contributed by atoms with Gasteiger partial charge in [-0.1, -0.05) is 53.9 Å². The molecule has 2 aromatic rings. The second-order valence-corrected chi connectivity index (χ2v) is 10.5. The summed E-state index contributed by atoms with van der Waals surface area (Å²) < 4.78 is 26.1. The predicted molar refractivity (Wildman–Crippen MR) is 133 cm³/mol. The number of hydrogen-bond acceptors (Lipinski definition) is 4. The Kier molecular flexibility index (Phi) is 9.57. The van der Waals surface area contributed by atoms with Crippen LogP contribution in [0.2, 0.25) is 10.0 Å². The fraction of sp³-hybridized carbons (Fsp3) is 0.391. The minimum Gasteiger partial charge on any atom is -0.354 e. The highest BCUT2D eigenvalue weighted by atomic mass is 35.5. The molecule has 2 rings (SSSR count). The van der Waals surface area contributed by atoms with Gasteiger partial charge in [0.15, 0.2) is 0 Å². The summed E-state index contributed by atoms with van der Waals surface area (Å²) in [7, 11) is -3.78. The van der Waals surface area contributed by atoms with Crippen molar-refractivity contribution in [1.29, 1.82) is 0 Å². The number of anilines is 1. The maximum Gasteiger partial charge on any atom is 0.244 e. The van der Waals surface area contributed by atoms with E-state index in [1.165, 1.54) is 4.90 Å². The Labute approximate surface area is 205 Å². The molecule has 2 amide bonds. The van der Waals surface area contributed by atoms with Gasteiger partial charge in [-0.15, -0.1) is 0 Å². The highest BCUT2D eigenvalue weighted by molar-refractivity contribution is 7.92. The summed E-state index contributed by atoms with van der Waals surface area (Å²) in [5.41, 5.74) is 1.79. The van der Waals surface area contributed by atoms with Crippen LogP contribution in [-0.2, 0) is 26.2 Å². The number of nitrogens with one attached hydrogen (secondary N) is 1. The number of carbonyl (C=O) groups excluding carboxylic acids is 2. The van der Waals surface area contributed by atoms with E-state index < -0.39 is 28.5 Å². The summed E-state index contributed by atoms with van der Waals surface area (Å²) in [5.74, 6) is -0.911. The second-order valence-electron chi connectivity index (χ2n) is 7.79. The van der Waals surface area contributed by atoms with Gasteiger partial charge in [-0.3, -0.25) is 13.9 Å². The van der Waals surface area contributed by atoms with Crippen molar-refractivity contribution in [1.82, 2.24) is 10.2 Å². The maximum atomic E-state index is 13.4. The Balaban J connectivity index is 2.42. The number of nitrogens with zero attached hydrogens (tertiary/aromatic N) is 2. The van der Waals surface area contributed by atoms with E-state index in [-0.39, 0.29) is 12.5 Å². The molecule has 0 fully saturated rings. The molecule has 7 nitrogen and oxygen atoms in total. The summed E-state index contributed by atoms with van der Waals surface area (Å²) in [5, 5.41) is 3.47. The maximum absolute atomic E-state index is 13.4. The fourth-order valence-electron chi connectivity index (χ4n) is 3.16. The molecule has 0 spiro atoms. The van der Waals surface area contributed by atoms with E-state index in [2.05, 4.69) is 5.32 Å². The van der Waals surface area contributed by atoms with Gasteiger partial charge in [0.2, 0.25) is 21.8 Å². The smallest absolute Gasteiger partial charge is 0.244 e. The van der Waals surface area contributed by atoms with Gasteiger partial charge in [-0.2, -0.15) is 0 Å². The molecule has 0 aliphatic carbocycles. The van der Waals surface area contributed by atoms with E-state index in [9.17, 15) is 18.0 Å². The lowest BCUT2D eigenvalue weighted by Crippen LogP contribution is -2.51. The number of halogens is 2. The van der Waals surface area contributed by atoms with Gasteiger partial charge in [0.25, 0.3) is 0 Å². The molecule has 33 heavy (non-hydrogen) atoms. The van der Waals surface area contributed by atoms with Gasteiger partial charge in [0.05, 0.1) is 11.9 Å². The minimum absolute atomic E-state index is 0.0520. The van der Waals surface area contributed by atoms with Gasteiger partial charge >= 0.3 is 0 Å². The van der Waals surface area contributed by atoms with Crippen molar-refractivity contribution < 1.29 is 18.0 Å². The predicted octanol–water partition coefficient (Wildman–Crippen LogP) is 4.01. The van der Waals surface area contributed by atoms with Crippen molar-refractivity contribution in [3.05, 3.63) is 63.6 Å². The molecular formula is C23H29Cl2N3O4S. The molecule has 0 bridgehead atoms. The van der Waals surface area contributed by atoms with Crippen molar-refractivity contribution in [2.45, 2.75) is 39.8 Å². The Bertz CT molecular complexity index is 1070. The van der Waals surface area contributed by atoms with E-state index in [1.807, 2.05) is 13.8 Å². The summed E-state index contributed by atoms with van der Waals surface area (Å²) in [6.45, 7) is 5.31. The number of rotatable bonds is 10. The van der Waals surface area contributed by atoms with Crippen molar-refractivity contribution >= 4 is 50.7 Å². The minimum atomic E-state index is -3.78. The molecule has 0 saturated heterocycles. The Morgan fingerprint density at radius 3 is 2.15 bits per heavy atom. The Morgan fingerprint density at radius 2 is 1.64 bits per heavy atom. The van der Waals surface area contributed by atoms with Gasteiger partial charge in [0.1, 0.15) is 12.6 Å². The molecule has 0 saturated carbocycles. The van der Waals surface area contributed by atoms with E-state index in [0.717, 1.165) is 22.5 Å². The normalized spacial score (nSPS) is 12.2. The number of sulfonamides is 1. The van der Waals surface area contributed by atoms with Crippen LogP contribution in [0.25, 0.3) is 0 Å². The van der Waals surface area contributed by atoms with Gasteiger partial charge in [0, 0.05) is 28.7 Å². The molecule has 0 unspecified atom stereocenters. The first-order valence-corrected chi connectivity index (χ1v) is 13.1. The number of aryl methyl sites for hydroxylation is 1. The van der Waals surface area contributed by atoms with Crippen molar-refractivity contribution in [2.24, 2.45) is 0 Å². The van der Waals surface area contributed by atoms with Crippen LogP contribution in [0.4, 0.5) is 5.69 Å². The zero-order valence-corrected chi connectivity index (χ0v) is 21.5. The first-order valence-electron chi connectivity index (χ1n) is 10.5. The van der Waals surface area contributed by atoms with Crippen molar-refractivity contribution in [2.75, 3.05) is 23.7 Å². The molecule has 0 radical (unpaired) electrons. The molecule has 0 heterocycles. The number of benzene rings is 2. The molecule has 1 N–H and O–H groups in total. The lowest BCUT2D eigenvalue weighted by Gasteiger charge is -2.32. The topological polar surface area (TPSA) is 86.8 Å². The SMILES string of the molecule is CCCNC(=O)[C@@H](C)N(Cc1c(Cl)cccc1Cl)C(=O)CN(c1ccc(C)cc1)S(C)(=O)=O. The molecule has 180 valence electrons. The molecule has 10 heteroatoms. The third kappa shape index (κ3) is 7.35. The van der Waals surface area contributed by atoms with E-state index in [4.69, 9.17) is 23.2 Å². The van der Waals surface area contributed by atoms with Crippen LogP contribution in [-0.4, -0.2) is 50.5 Å². The highest BCUT2D eigenvalue weighted by Gasteiger charge is 2.30. The number of carbonyl (C=O) groups is 2. The third-order valence-electron chi connectivity index (χ3n) is 5.11. The average molecular weight is 514 g/mol. The summed E-state index contributed by atoms with van der Waals surface area (Å²) in [6, 6.07) is 10.9. The van der Waals surface area contributed by atoms with Crippen LogP contribution in [0.3, 0.4) is 0 Å². The molecule has 2 aromatic carbocycles. The standard InChI is InChI=1S/C23H29Cl2N3O4S/c1-5-13-26-23(30)17(3)27(14-19-20(24)7-6-8-21(19)25)22(29)15-28(33(4,31)32)18-11-9-16(2)10-12-18/h6-12,17H,5,13-15H2,1-4H3,(H,26,30)/t17-/m1/s1. The molecule has 1 atom stereocenters. The van der Waals surface area contributed by atoms with Crippen LogP contribution in [0.5, 0.6) is 0 Å². The molecular weight excluding hydrogens is 485 g/mol. The van der Waals surface area contributed by atoms with Gasteiger partial charge < -0.3 is 10.2 Å². The number of amides is 2. The van der Waals surface area contributed by atoms with E-state index >= 15 is 0 Å². The van der Waals surface area contributed by atoms with Gasteiger partial charge in [-0.05, 0) is 44.5 Å². The van der Waals surface area contributed by atoms with E-state index in [0.29, 0.717) is 27.8 Å². The van der Waals surface area contributed by atoms with Crippen LogP contribution in [0.1, 0.15) is 31.4 Å². The van der Waals surface area contributed by atoms with Crippen molar-refractivity contribution in [3.8, 4) is 0 Å². The van der Waals surface area contributed by atoms with Crippen LogP contribution < -0.4 is 9.62 Å². The largest absolute Gasteiger partial charge is 0.354 e. The number of hydrogen-bond donors (Lipinski definition) is 1. The molecule has 0 aliphatic rings. The monoisotopic (exact) mass is 513 g/mol. The zero-order valence-electron chi connectivity index (χ0n) is 19.1. The van der Waals surface area contributed by atoms with Crippen LogP contribution >= 0.6 is 23.2 Å². The lowest BCUT2D eigenvalue weighted by molar-refractivity contribution is -0.139. The lowest BCUT2D eigenvalue weighted by atomic mass is 10.1. The third-order valence-corrected chi connectivity index (χ3v) is 6.96. The second kappa shape index (κ2) is 11.7. The summed E-state index contributed by atoms with van der Waals surface area (Å²) >= 11 is 12.6. The molecule has 0 aliphatic heterocycles. The van der Waals surface area contributed by atoms with Crippen LogP contribution in [0, 0.1) is 6.92 Å². The quantitative estimate of drug-likeness (QED) is 0.519. The first kappa shape index (κ1) is 27.0. The molecule has 0 aromatic heterocycles. The van der Waals surface area contributed by atoms with Crippen molar-refractivity contribution in [3.63, 3.8) is 0 Å². The summed E-state index contributed by atoms with van der Waals surface area (Å²) in [6.07, 6.45) is 1.77. The summed E-state index contributed by atoms with van der Waals surface area (Å²) in [4.78, 5) is 27.4. The zero-order chi connectivity index (χ0) is 24.8.